The lowest BCUT2D eigenvalue weighted by Crippen LogP contribution is -2.39. The number of halogens is 1. The molecule has 0 amide bonds. The van der Waals surface area contributed by atoms with Crippen molar-refractivity contribution in [2.45, 2.75) is 17.3 Å². The van der Waals surface area contributed by atoms with E-state index >= 15 is 0 Å². The molecule has 0 spiro atoms. The summed E-state index contributed by atoms with van der Waals surface area (Å²) in [6, 6.07) is 0. The first-order valence-electron chi connectivity index (χ1n) is 3.20. The second-order valence-electron chi connectivity index (χ2n) is 2.93. The Morgan fingerprint density at radius 3 is 1.80 bits per heavy atom. The molecule has 10 heavy (non-hydrogen) atoms. The van der Waals surface area contributed by atoms with Gasteiger partial charge < -0.3 is 0 Å². The molecule has 0 saturated heterocycles. The topological polar surface area (TPSA) is 0 Å². The Bertz CT molecular complexity index is 93.7. The molecule has 0 fully saturated rings. The van der Waals surface area contributed by atoms with Crippen molar-refractivity contribution in [2.24, 2.45) is 0 Å². The average molecular weight is 215 g/mol. The van der Waals surface area contributed by atoms with Crippen LogP contribution in [-0.4, -0.2) is 30.3 Å². The van der Waals surface area contributed by atoms with Gasteiger partial charge in [0, 0.05) is 9.71 Å². The quantitative estimate of drug-likeness (QED) is 0.401. The second kappa shape index (κ2) is 4.96. The Labute approximate surface area is 78.5 Å². The molecule has 0 nitrogen and oxygen atoms in total. The Kier molecular flexibility index (Phi) is 5.56. The lowest BCUT2D eigenvalue weighted by molar-refractivity contribution is 1.58. The molecule has 0 atom stereocenters. The molecule has 0 aromatic heterocycles. The first kappa shape index (κ1) is 11.2. The monoisotopic (exact) mass is 214 g/mol. The highest BCUT2D eigenvalue weighted by Gasteiger charge is 2.29. The van der Waals surface area contributed by atoms with Gasteiger partial charge in [0.25, 0.3) is 0 Å². The van der Waals surface area contributed by atoms with Gasteiger partial charge in [0.1, 0.15) is 0 Å². The van der Waals surface area contributed by atoms with Crippen LogP contribution in [0.3, 0.4) is 0 Å². The summed E-state index contributed by atoms with van der Waals surface area (Å²) in [5.74, 6) is 0. The molecule has 0 unspecified atom stereocenters. The number of thioether (sulfide) groups is 2. The highest BCUT2D eigenvalue weighted by molar-refractivity contribution is 8.18. The lowest BCUT2D eigenvalue weighted by atomic mass is 11.7. The van der Waals surface area contributed by atoms with Gasteiger partial charge in [0.05, 0.1) is 8.07 Å². The minimum Gasteiger partial charge on any atom is -0.154 e. The van der Waals surface area contributed by atoms with Crippen molar-refractivity contribution in [2.75, 3.05) is 18.0 Å². The van der Waals surface area contributed by atoms with Crippen LogP contribution in [0.1, 0.15) is 0 Å². The zero-order valence-electron chi connectivity index (χ0n) is 6.98. The van der Waals surface area contributed by atoms with Crippen molar-refractivity contribution >= 4 is 43.2 Å². The maximum absolute atomic E-state index is 5.88. The van der Waals surface area contributed by atoms with E-state index in [-0.39, 0.29) is 0 Å². The van der Waals surface area contributed by atoms with Gasteiger partial charge in [-0.3, -0.25) is 0 Å². The summed E-state index contributed by atoms with van der Waals surface area (Å²) < 4.78 is 0.755. The van der Waals surface area contributed by atoms with E-state index in [1.165, 1.54) is 0 Å². The number of hydrogen-bond acceptors (Lipinski definition) is 2. The van der Waals surface area contributed by atoms with Gasteiger partial charge >= 0.3 is 0 Å². The molecule has 0 heterocycles. The number of hydrogen-bond donors (Lipinski definition) is 0. The molecule has 0 N–H and O–H groups in total. The summed E-state index contributed by atoms with van der Waals surface area (Å²) in [7, 11) is -1.12. The van der Waals surface area contributed by atoms with E-state index in [0.29, 0.717) is 0 Å². The minimum absolute atomic E-state index is 0.755. The van der Waals surface area contributed by atoms with Crippen LogP contribution in [0.2, 0.25) is 13.1 Å². The predicted molar refractivity (Wildman–Crippen MR) is 59.0 cm³/mol. The summed E-state index contributed by atoms with van der Waals surface area (Å²) in [5.41, 5.74) is 0.874. The Hall–Kier alpha value is 1.21. The van der Waals surface area contributed by atoms with Crippen molar-refractivity contribution in [3.63, 3.8) is 0 Å². The highest BCUT2D eigenvalue weighted by Crippen LogP contribution is 2.29. The third-order valence-corrected chi connectivity index (χ3v) is 12.7. The van der Waals surface area contributed by atoms with E-state index in [9.17, 15) is 0 Å². The Morgan fingerprint density at radius 1 is 1.30 bits per heavy atom. The van der Waals surface area contributed by atoms with Gasteiger partial charge in [0.2, 0.25) is 0 Å². The van der Waals surface area contributed by atoms with Gasteiger partial charge in [-0.1, -0.05) is 13.1 Å². The summed E-state index contributed by atoms with van der Waals surface area (Å²) in [6.07, 6.45) is 4.34. The fourth-order valence-electron chi connectivity index (χ4n) is 0.797. The smallest absolute Gasteiger partial charge is 0.0901 e. The average Bonchev–Trinajstić information content (AvgIpc) is 1.90. The minimum atomic E-state index is -1.12. The second-order valence-corrected chi connectivity index (χ2v) is 11.6. The normalized spacial score (nSPS) is 12.6. The molecule has 0 aliphatic carbocycles. The molecule has 0 saturated carbocycles. The van der Waals surface area contributed by atoms with E-state index in [2.05, 4.69) is 25.6 Å². The molecule has 0 aromatic carbocycles. The molecule has 0 aromatic rings. The molecule has 4 heteroatoms. The van der Waals surface area contributed by atoms with E-state index in [1.54, 1.807) is 0 Å². The maximum atomic E-state index is 5.88. The fourth-order valence-corrected chi connectivity index (χ4v) is 8.31. The van der Waals surface area contributed by atoms with Crippen LogP contribution in [-0.2, 0) is 0 Å². The lowest BCUT2D eigenvalue weighted by Gasteiger charge is -2.27. The zero-order valence-corrected chi connectivity index (χ0v) is 10.4. The SMILES string of the molecule is CSC(SC)[Si](C)(C)CCl. The number of rotatable bonds is 4. The third-order valence-electron chi connectivity index (χ3n) is 1.41. The van der Waals surface area contributed by atoms with Crippen molar-refractivity contribution in [3.05, 3.63) is 0 Å². The zero-order chi connectivity index (χ0) is 8.20. The molecule has 0 aliphatic rings. The molecule has 0 rings (SSSR count). The van der Waals surface area contributed by atoms with Crippen LogP contribution in [0, 0.1) is 0 Å². The fraction of sp³-hybridized carbons (Fsp3) is 1.00. The van der Waals surface area contributed by atoms with Crippen molar-refractivity contribution < 1.29 is 0 Å². The molecular formula is C6H15ClS2Si. The molecule has 0 aliphatic heterocycles. The standard InChI is InChI=1S/C6H15ClS2Si/c1-8-6(9-2)10(3,4)5-7/h6H,5H2,1-4H3. The van der Waals surface area contributed by atoms with Gasteiger partial charge in [-0.25, -0.2) is 0 Å². The van der Waals surface area contributed by atoms with E-state index in [0.717, 1.165) is 9.71 Å². The van der Waals surface area contributed by atoms with Gasteiger partial charge in [-0.2, -0.15) is 23.5 Å². The first-order valence-corrected chi connectivity index (χ1v) is 9.59. The van der Waals surface area contributed by atoms with Crippen molar-refractivity contribution in [1.82, 2.24) is 0 Å². The van der Waals surface area contributed by atoms with Crippen LogP contribution in [0.25, 0.3) is 0 Å². The van der Waals surface area contributed by atoms with Crippen LogP contribution in [0.5, 0.6) is 0 Å². The van der Waals surface area contributed by atoms with E-state index < -0.39 is 8.07 Å². The van der Waals surface area contributed by atoms with Crippen LogP contribution >= 0.6 is 35.1 Å². The highest BCUT2D eigenvalue weighted by atomic mass is 35.5. The molecule has 0 bridgehead atoms. The van der Waals surface area contributed by atoms with E-state index in [1.807, 2.05) is 23.5 Å². The summed E-state index contributed by atoms with van der Waals surface area (Å²) >= 11 is 9.76. The van der Waals surface area contributed by atoms with Crippen molar-refractivity contribution in [3.8, 4) is 0 Å². The molecule has 0 radical (unpaired) electrons. The summed E-state index contributed by atoms with van der Waals surface area (Å²) in [5, 5.41) is 0. The largest absolute Gasteiger partial charge is 0.154 e. The van der Waals surface area contributed by atoms with Gasteiger partial charge in [0.15, 0.2) is 0 Å². The van der Waals surface area contributed by atoms with Crippen LogP contribution in [0.15, 0.2) is 0 Å². The van der Waals surface area contributed by atoms with Gasteiger partial charge in [-0.15, -0.1) is 11.6 Å². The van der Waals surface area contributed by atoms with E-state index in [4.69, 9.17) is 11.6 Å². The molecule has 62 valence electrons. The Morgan fingerprint density at radius 2 is 1.70 bits per heavy atom. The van der Waals surface area contributed by atoms with Crippen LogP contribution in [0.4, 0.5) is 0 Å². The predicted octanol–water partition coefficient (Wildman–Crippen LogP) is 3.06. The summed E-state index contributed by atoms with van der Waals surface area (Å²) in [4.78, 5) is 0. The molecular weight excluding hydrogens is 200 g/mol. The maximum Gasteiger partial charge on any atom is 0.0901 e. The Balaban J connectivity index is 3.97. The number of alkyl halides is 1. The van der Waals surface area contributed by atoms with Crippen molar-refractivity contribution in [1.29, 1.82) is 0 Å². The van der Waals surface area contributed by atoms with Gasteiger partial charge in [-0.05, 0) is 12.5 Å². The summed E-state index contributed by atoms with van der Waals surface area (Å²) in [6.45, 7) is 4.69. The third kappa shape index (κ3) is 3.07. The first-order chi connectivity index (χ1) is 4.58. The van der Waals surface area contributed by atoms with Crippen LogP contribution < -0.4 is 0 Å².